The van der Waals surface area contributed by atoms with Crippen LogP contribution in [0.15, 0.2) is 18.2 Å². The molecule has 0 saturated heterocycles. The van der Waals surface area contributed by atoms with Crippen molar-refractivity contribution in [2.75, 3.05) is 6.61 Å². The van der Waals surface area contributed by atoms with Gasteiger partial charge >= 0.3 is 5.97 Å². The van der Waals surface area contributed by atoms with Crippen molar-refractivity contribution in [1.29, 1.82) is 0 Å². The molecule has 0 fully saturated rings. The molecule has 2 rings (SSSR count). The molecule has 1 atom stereocenters. The largest absolute Gasteiger partial charge is 0.486 e. The fourth-order valence-corrected chi connectivity index (χ4v) is 1.80. The Morgan fingerprint density at radius 3 is 3.07 bits per heavy atom. The van der Waals surface area contributed by atoms with Crippen LogP contribution in [0.25, 0.3) is 0 Å². The zero-order valence-electron chi connectivity index (χ0n) is 8.95. The van der Waals surface area contributed by atoms with Crippen LogP contribution in [-0.4, -0.2) is 18.7 Å². The topological polar surface area (TPSA) is 35.5 Å². The first-order valence-electron chi connectivity index (χ1n) is 5.05. The van der Waals surface area contributed by atoms with Crippen molar-refractivity contribution in [2.45, 2.75) is 26.4 Å². The Hall–Kier alpha value is -1.51. The fourth-order valence-electron chi connectivity index (χ4n) is 1.80. The molecule has 3 heteroatoms. The van der Waals surface area contributed by atoms with Crippen LogP contribution in [-0.2, 0) is 16.0 Å². The zero-order valence-corrected chi connectivity index (χ0v) is 8.95. The van der Waals surface area contributed by atoms with Crippen LogP contribution < -0.4 is 4.74 Å². The monoisotopic (exact) mass is 206 g/mol. The van der Waals surface area contributed by atoms with Gasteiger partial charge in [-0.15, -0.1) is 0 Å². The van der Waals surface area contributed by atoms with E-state index in [1.54, 1.807) is 0 Å². The molecule has 0 unspecified atom stereocenters. The molecule has 0 aliphatic carbocycles. The van der Waals surface area contributed by atoms with Gasteiger partial charge in [0.05, 0.1) is 0 Å². The van der Waals surface area contributed by atoms with E-state index in [1.165, 1.54) is 18.1 Å². The Morgan fingerprint density at radius 2 is 2.40 bits per heavy atom. The van der Waals surface area contributed by atoms with Gasteiger partial charge in [0, 0.05) is 18.9 Å². The van der Waals surface area contributed by atoms with E-state index in [0.29, 0.717) is 6.61 Å². The normalized spacial score (nSPS) is 18.1. The first kappa shape index (κ1) is 10.0. The maximum Gasteiger partial charge on any atom is 0.302 e. The van der Waals surface area contributed by atoms with Gasteiger partial charge in [-0.1, -0.05) is 12.1 Å². The summed E-state index contributed by atoms with van der Waals surface area (Å²) in [5, 5.41) is 0. The van der Waals surface area contributed by atoms with Crippen molar-refractivity contribution in [2.24, 2.45) is 0 Å². The quantitative estimate of drug-likeness (QED) is 0.693. The van der Waals surface area contributed by atoms with Crippen LogP contribution >= 0.6 is 0 Å². The molecule has 1 heterocycles. The number of ether oxygens (including phenoxy) is 2. The van der Waals surface area contributed by atoms with E-state index < -0.39 is 0 Å². The average Bonchev–Trinajstić information content (AvgIpc) is 2.59. The van der Waals surface area contributed by atoms with Gasteiger partial charge in [-0.3, -0.25) is 4.79 Å². The molecule has 0 N–H and O–H groups in total. The minimum Gasteiger partial charge on any atom is -0.486 e. The van der Waals surface area contributed by atoms with Crippen LogP contribution in [0.1, 0.15) is 18.1 Å². The number of benzene rings is 1. The summed E-state index contributed by atoms with van der Waals surface area (Å²) in [7, 11) is 0. The van der Waals surface area contributed by atoms with E-state index in [0.717, 1.165) is 12.2 Å². The summed E-state index contributed by atoms with van der Waals surface area (Å²) in [6, 6.07) is 5.99. The number of hydrogen-bond acceptors (Lipinski definition) is 3. The standard InChI is InChI=1S/C12H14O3/c1-8-4-3-5-12-11(8)6-10(15-12)7-14-9(2)13/h3-5,10H,6-7H2,1-2H3/t10-/m1/s1. The lowest BCUT2D eigenvalue weighted by Gasteiger charge is -2.09. The molecule has 0 radical (unpaired) electrons. The number of rotatable bonds is 2. The second-order valence-corrected chi connectivity index (χ2v) is 3.80. The van der Waals surface area contributed by atoms with Crippen molar-refractivity contribution in [3.8, 4) is 5.75 Å². The molecule has 15 heavy (non-hydrogen) atoms. The van der Waals surface area contributed by atoms with E-state index >= 15 is 0 Å². The van der Waals surface area contributed by atoms with Crippen LogP contribution in [0.4, 0.5) is 0 Å². The second-order valence-electron chi connectivity index (χ2n) is 3.80. The third-order valence-corrected chi connectivity index (χ3v) is 2.57. The van der Waals surface area contributed by atoms with Crippen molar-refractivity contribution in [3.05, 3.63) is 29.3 Å². The van der Waals surface area contributed by atoms with Gasteiger partial charge in [-0.2, -0.15) is 0 Å². The highest BCUT2D eigenvalue weighted by atomic mass is 16.6. The van der Waals surface area contributed by atoms with E-state index in [4.69, 9.17) is 9.47 Å². The summed E-state index contributed by atoms with van der Waals surface area (Å²) in [5.74, 6) is 0.665. The molecular weight excluding hydrogens is 192 g/mol. The van der Waals surface area contributed by atoms with E-state index in [1.807, 2.05) is 12.1 Å². The van der Waals surface area contributed by atoms with Gasteiger partial charge in [0.1, 0.15) is 18.5 Å². The molecule has 1 aromatic rings. The maximum absolute atomic E-state index is 10.7. The van der Waals surface area contributed by atoms with Crippen LogP contribution in [0.3, 0.4) is 0 Å². The number of aryl methyl sites for hydroxylation is 1. The Kier molecular flexibility index (Phi) is 2.62. The molecule has 0 aromatic heterocycles. The van der Waals surface area contributed by atoms with Crippen LogP contribution in [0, 0.1) is 6.92 Å². The SMILES string of the molecule is CC(=O)OC[C@H]1Cc2c(C)cccc2O1. The molecule has 0 spiro atoms. The highest BCUT2D eigenvalue weighted by Gasteiger charge is 2.24. The van der Waals surface area contributed by atoms with Gasteiger partial charge in [-0.05, 0) is 18.6 Å². The number of fused-ring (bicyclic) bond motifs is 1. The summed E-state index contributed by atoms with van der Waals surface area (Å²) in [5.41, 5.74) is 2.47. The third-order valence-electron chi connectivity index (χ3n) is 2.57. The summed E-state index contributed by atoms with van der Waals surface area (Å²) in [4.78, 5) is 10.7. The predicted octanol–water partition coefficient (Wildman–Crippen LogP) is 1.86. The second kappa shape index (κ2) is 3.93. The maximum atomic E-state index is 10.7. The minimum atomic E-state index is -0.258. The smallest absolute Gasteiger partial charge is 0.302 e. The fraction of sp³-hybridized carbons (Fsp3) is 0.417. The molecule has 0 bridgehead atoms. The van der Waals surface area contributed by atoms with Crippen molar-refractivity contribution in [3.63, 3.8) is 0 Å². The van der Waals surface area contributed by atoms with Crippen molar-refractivity contribution < 1.29 is 14.3 Å². The summed E-state index contributed by atoms with van der Waals surface area (Å²) in [6.45, 7) is 3.81. The van der Waals surface area contributed by atoms with Gasteiger partial charge in [-0.25, -0.2) is 0 Å². The first-order chi connectivity index (χ1) is 7.16. The third kappa shape index (κ3) is 2.12. The average molecular weight is 206 g/mol. The molecule has 0 amide bonds. The number of esters is 1. The summed E-state index contributed by atoms with van der Waals surface area (Å²) >= 11 is 0. The molecule has 1 aromatic carbocycles. The van der Waals surface area contributed by atoms with E-state index in [2.05, 4.69) is 13.0 Å². The highest BCUT2D eigenvalue weighted by molar-refractivity contribution is 5.65. The Balaban J connectivity index is 2.03. The van der Waals surface area contributed by atoms with Crippen LogP contribution in [0.2, 0.25) is 0 Å². The van der Waals surface area contributed by atoms with Crippen molar-refractivity contribution >= 4 is 5.97 Å². The Labute approximate surface area is 89.0 Å². The lowest BCUT2D eigenvalue weighted by Crippen LogP contribution is -2.21. The molecule has 3 nitrogen and oxygen atoms in total. The van der Waals surface area contributed by atoms with Gasteiger partial charge in [0.2, 0.25) is 0 Å². The van der Waals surface area contributed by atoms with E-state index in [9.17, 15) is 4.79 Å². The Bertz CT molecular complexity index is 384. The molecule has 0 saturated carbocycles. The van der Waals surface area contributed by atoms with Gasteiger partial charge in [0.25, 0.3) is 0 Å². The first-order valence-corrected chi connectivity index (χ1v) is 5.05. The highest BCUT2D eigenvalue weighted by Crippen LogP contribution is 2.31. The molecule has 1 aliphatic rings. The van der Waals surface area contributed by atoms with Crippen molar-refractivity contribution in [1.82, 2.24) is 0 Å². The lowest BCUT2D eigenvalue weighted by molar-refractivity contribution is -0.143. The number of hydrogen-bond donors (Lipinski definition) is 0. The number of carbonyl (C=O) groups excluding carboxylic acids is 1. The van der Waals surface area contributed by atoms with E-state index in [-0.39, 0.29) is 12.1 Å². The summed E-state index contributed by atoms with van der Waals surface area (Å²) < 4.78 is 10.6. The lowest BCUT2D eigenvalue weighted by atomic mass is 10.0. The Morgan fingerprint density at radius 1 is 1.60 bits per heavy atom. The van der Waals surface area contributed by atoms with Crippen LogP contribution in [0.5, 0.6) is 5.75 Å². The van der Waals surface area contributed by atoms with Gasteiger partial charge in [0.15, 0.2) is 0 Å². The minimum absolute atomic E-state index is 0.0231. The zero-order chi connectivity index (χ0) is 10.8. The number of carbonyl (C=O) groups is 1. The molecular formula is C12H14O3. The summed E-state index contributed by atoms with van der Waals surface area (Å²) in [6.07, 6.45) is 0.806. The predicted molar refractivity (Wildman–Crippen MR) is 55.9 cm³/mol. The van der Waals surface area contributed by atoms with Gasteiger partial charge < -0.3 is 9.47 Å². The molecule has 1 aliphatic heterocycles. The molecule has 80 valence electrons.